The molecule has 1 aliphatic heterocycles. The van der Waals surface area contributed by atoms with Crippen molar-refractivity contribution < 1.29 is 9.84 Å². The third-order valence-corrected chi connectivity index (χ3v) is 4.14. The molecular formula is C13H18O2Si. The van der Waals surface area contributed by atoms with Gasteiger partial charge in [-0.2, -0.15) is 0 Å². The van der Waals surface area contributed by atoms with Crippen molar-refractivity contribution in [2.24, 2.45) is 0 Å². The van der Waals surface area contributed by atoms with Gasteiger partial charge >= 0.3 is 0 Å². The van der Waals surface area contributed by atoms with E-state index < -0.39 is 0 Å². The van der Waals surface area contributed by atoms with E-state index >= 15 is 0 Å². The smallest absolute Gasteiger partial charge is 0.115 e. The van der Waals surface area contributed by atoms with Gasteiger partial charge in [0.1, 0.15) is 5.75 Å². The SMILES string of the molecule is Oc1ccc(C=CC2([SiH3])CCCCO2)cc1. The highest BCUT2D eigenvalue weighted by Gasteiger charge is 2.23. The molecule has 1 aliphatic rings. The molecule has 1 atom stereocenters. The van der Waals surface area contributed by atoms with E-state index in [-0.39, 0.29) is 5.22 Å². The Hall–Kier alpha value is -1.06. The van der Waals surface area contributed by atoms with Crippen LogP contribution < -0.4 is 0 Å². The molecule has 1 aromatic carbocycles. The van der Waals surface area contributed by atoms with Gasteiger partial charge in [-0.05, 0) is 37.0 Å². The average molecular weight is 234 g/mol. The fourth-order valence-corrected chi connectivity index (χ4v) is 2.67. The minimum absolute atomic E-state index is 0.0239. The van der Waals surface area contributed by atoms with Crippen molar-refractivity contribution in [1.82, 2.24) is 0 Å². The van der Waals surface area contributed by atoms with Crippen LogP contribution in [0.5, 0.6) is 5.75 Å². The van der Waals surface area contributed by atoms with Gasteiger partial charge in [-0.25, -0.2) is 0 Å². The molecule has 2 nitrogen and oxygen atoms in total. The molecule has 16 heavy (non-hydrogen) atoms. The first-order chi connectivity index (χ1) is 7.68. The molecule has 1 heterocycles. The lowest BCUT2D eigenvalue weighted by Crippen LogP contribution is -2.34. The van der Waals surface area contributed by atoms with Crippen LogP contribution in [0, 0.1) is 0 Å². The van der Waals surface area contributed by atoms with Crippen LogP contribution in [-0.4, -0.2) is 27.2 Å². The second-order valence-electron chi connectivity index (χ2n) is 4.54. The van der Waals surface area contributed by atoms with Crippen molar-refractivity contribution in [1.29, 1.82) is 0 Å². The summed E-state index contributed by atoms with van der Waals surface area (Å²) < 4.78 is 5.84. The molecule has 1 fully saturated rings. The third kappa shape index (κ3) is 2.96. The summed E-state index contributed by atoms with van der Waals surface area (Å²) in [5.74, 6) is 0.312. The maximum absolute atomic E-state index is 9.18. The molecule has 0 radical (unpaired) electrons. The number of benzene rings is 1. The number of aromatic hydroxyl groups is 1. The van der Waals surface area contributed by atoms with Crippen molar-refractivity contribution in [3.8, 4) is 5.75 Å². The Labute approximate surface area is 99.4 Å². The van der Waals surface area contributed by atoms with Crippen molar-refractivity contribution in [2.45, 2.75) is 24.5 Å². The Morgan fingerprint density at radius 1 is 1.25 bits per heavy atom. The van der Waals surface area contributed by atoms with E-state index in [0.29, 0.717) is 5.75 Å². The third-order valence-electron chi connectivity index (χ3n) is 3.02. The number of rotatable bonds is 2. The molecule has 0 spiro atoms. The van der Waals surface area contributed by atoms with Gasteiger partial charge in [-0.15, -0.1) is 0 Å². The van der Waals surface area contributed by atoms with Gasteiger partial charge in [-0.3, -0.25) is 0 Å². The molecule has 0 bridgehead atoms. The first-order valence-corrected chi connectivity index (χ1v) is 6.80. The topological polar surface area (TPSA) is 29.5 Å². The molecule has 1 N–H and O–H groups in total. The molecule has 0 aliphatic carbocycles. The Balaban J connectivity index is 2.05. The summed E-state index contributed by atoms with van der Waals surface area (Å²) >= 11 is 0. The van der Waals surface area contributed by atoms with Crippen LogP contribution in [-0.2, 0) is 4.74 Å². The minimum Gasteiger partial charge on any atom is -0.508 e. The number of hydrogen-bond acceptors (Lipinski definition) is 2. The minimum atomic E-state index is 0.0239. The number of phenols is 1. The molecule has 3 heteroatoms. The normalized spacial score (nSPS) is 26.2. The Morgan fingerprint density at radius 3 is 2.62 bits per heavy atom. The van der Waals surface area contributed by atoms with Gasteiger partial charge in [0.2, 0.25) is 0 Å². The highest BCUT2D eigenvalue weighted by molar-refractivity contribution is 6.16. The number of ether oxygens (including phenoxy) is 1. The summed E-state index contributed by atoms with van der Waals surface area (Å²) in [6.07, 6.45) is 7.89. The molecule has 1 aromatic rings. The summed E-state index contributed by atoms with van der Waals surface area (Å²) in [7, 11) is 1.03. The van der Waals surface area contributed by atoms with Crippen molar-refractivity contribution >= 4 is 16.3 Å². The molecule has 0 aromatic heterocycles. The quantitative estimate of drug-likeness (QED) is 0.789. The standard InChI is InChI=1S/C13H18O2Si/c14-12-5-3-11(4-6-12)7-9-13(16)8-1-2-10-15-13/h3-7,9,14H,1-2,8,10H2,16H3. The van der Waals surface area contributed by atoms with Crippen LogP contribution in [0.1, 0.15) is 24.8 Å². The molecule has 1 saturated heterocycles. The lowest BCUT2D eigenvalue weighted by Gasteiger charge is -2.31. The summed E-state index contributed by atoms with van der Waals surface area (Å²) in [5, 5.41) is 9.21. The van der Waals surface area contributed by atoms with Crippen LogP contribution in [0.4, 0.5) is 0 Å². The summed E-state index contributed by atoms with van der Waals surface area (Å²) in [6.45, 7) is 0.892. The summed E-state index contributed by atoms with van der Waals surface area (Å²) in [6, 6.07) is 7.25. The van der Waals surface area contributed by atoms with E-state index in [1.54, 1.807) is 12.1 Å². The Morgan fingerprint density at radius 2 is 2.00 bits per heavy atom. The van der Waals surface area contributed by atoms with E-state index in [0.717, 1.165) is 28.8 Å². The predicted octanol–water partition coefficient (Wildman–Crippen LogP) is 1.67. The van der Waals surface area contributed by atoms with Gasteiger partial charge in [0.15, 0.2) is 0 Å². The lowest BCUT2D eigenvalue weighted by molar-refractivity contribution is 0.0159. The van der Waals surface area contributed by atoms with Crippen molar-refractivity contribution in [2.75, 3.05) is 6.61 Å². The Kier molecular flexibility index (Phi) is 3.46. The van der Waals surface area contributed by atoms with Gasteiger partial charge in [0, 0.05) is 16.8 Å². The highest BCUT2D eigenvalue weighted by Crippen LogP contribution is 2.24. The fourth-order valence-electron chi connectivity index (χ4n) is 1.94. The van der Waals surface area contributed by atoms with Gasteiger partial charge in [0.25, 0.3) is 0 Å². The number of hydrogen-bond donors (Lipinski definition) is 1. The summed E-state index contributed by atoms with van der Waals surface area (Å²) in [4.78, 5) is 0. The largest absolute Gasteiger partial charge is 0.508 e. The molecule has 2 rings (SSSR count). The maximum Gasteiger partial charge on any atom is 0.115 e. The van der Waals surface area contributed by atoms with E-state index in [2.05, 4.69) is 12.2 Å². The second kappa shape index (κ2) is 4.85. The van der Waals surface area contributed by atoms with Crippen LogP contribution in [0.25, 0.3) is 6.08 Å². The van der Waals surface area contributed by atoms with Crippen molar-refractivity contribution in [3.63, 3.8) is 0 Å². The van der Waals surface area contributed by atoms with E-state index in [9.17, 15) is 5.11 Å². The van der Waals surface area contributed by atoms with Crippen LogP contribution >= 0.6 is 0 Å². The van der Waals surface area contributed by atoms with E-state index in [1.165, 1.54) is 12.8 Å². The Bertz CT molecular complexity index is 364. The zero-order chi connectivity index (χ0) is 11.4. The highest BCUT2D eigenvalue weighted by atomic mass is 28.1. The van der Waals surface area contributed by atoms with E-state index in [1.807, 2.05) is 12.1 Å². The molecular weight excluding hydrogens is 216 g/mol. The van der Waals surface area contributed by atoms with Gasteiger partial charge in [0.05, 0.1) is 5.22 Å². The monoisotopic (exact) mass is 234 g/mol. The fraction of sp³-hybridized carbons (Fsp3) is 0.385. The molecule has 86 valence electrons. The van der Waals surface area contributed by atoms with Crippen molar-refractivity contribution in [3.05, 3.63) is 35.9 Å². The van der Waals surface area contributed by atoms with Crippen LogP contribution in [0.2, 0.25) is 0 Å². The molecule has 1 unspecified atom stereocenters. The zero-order valence-corrected chi connectivity index (χ0v) is 11.6. The molecule has 0 saturated carbocycles. The first-order valence-electron chi connectivity index (χ1n) is 5.80. The summed E-state index contributed by atoms with van der Waals surface area (Å²) in [5.41, 5.74) is 1.11. The lowest BCUT2D eigenvalue weighted by atomic mass is 10.1. The number of phenolic OH excluding ortho intramolecular Hbond substituents is 1. The van der Waals surface area contributed by atoms with E-state index in [4.69, 9.17) is 4.74 Å². The van der Waals surface area contributed by atoms with Gasteiger partial charge < -0.3 is 9.84 Å². The predicted molar refractivity (Wildman–Crippen MR) is 69.6 cm³/mol. The van der Waals surface area contributed by atoms with Crippen LogP contribution in [0.15, 0.2) is 30.3 Å². The van der Waals surface area contributed by atoms with Crippen LogP contribution in [0.3, 0.4) is 0 Å². The first kappa shape index (κ1) is 11.4. The maximum atomic E-state index is 9.18. The zero-order valence-electron chi connectivity index (χ0n) is 9.65. The average Bonchev–Trinajstić information content (AvgIpc) is 2.29. The second-order valence-corrected chi connectivity index (χ2v) is 6.24. The molecule has 0 amide bonds. The van der Waals surface area contributed by atoms with Gasteiger partial charge in [-0.1, -0.05) is 24.3 Å².